The Hall–Kier alpha value is -4.18. The topological polar surface area (TPSA) is 96.7 Å². The summed E-state index contributed by atoms with van der Waals surface area (Å²) in [5.74, 6) is 3.18. The summed E-state index contributed by atoms with van der Waals surface area (Å²) in [5.41, 5.74) is 3.66. The summed E-state index contributed by atoms with van der Waals surface area (Å²) in [4.78, 5) is 22.4. The van der Waals surface area contributed by atoms with Crippen LogP contribution >= 0.6 is 0 Å². The van der Waals surface area contributed by atoms with Gasteiger partial charge >= 0.3 is 0 Å². The fraction of sp³-hybridized carbons (Fsp3) is 0. The van der Waals surface area contributed by atoms with E-state index < -0.39 is 4.92 Å². The van der Waals surface area contributed by atoms with Crippen LogP contribution in [0, 0.1) is 22.5 Å². The molecule has 2 aromatic carbocycles. The molecular formula is C20H13N5O2. The van der Waals surface area contributed by atoms with Gasteiger partial charge in [0, 0.05) is 35.1 Å². The van der Waals surface area contributed by atoms with E-state index in [9.17, 15) is 10.1 Å². The Balaban J connectivity index is 1.83. The van der Waals surface area contributed by atoms with Crippen molar-refractivity contribution in [2.45, 2.75) is 0 Å². The summed E-state index contributed by atoms with van der Waals surface area (Å²) in [6.07, 6.45) is 8.67. The van der Waals surface area contributed by atoms with Crippen molar-refractivity contribution in [1.82, 2.24) is 15.0 Å². The van der Waals surface area contributed by atoms with Crippen LogP contribution in [0.25, 0.3) is 22.2 Å². The molecule has 0 fully saturated rings. The average molecular weight is 355 g/mol. The van der Waals surface area contributed by atoms with Gasteiger partial charge in [0.15, 0.2) is 0 Å². The lowest BCUT2D eigenvalue weighted by Gasteiger charge is -2.08. The number of nitro groups is 1. The first-order valence-electron chi connectivity index (χ1n) is 8.06. The van der Waals surface area contributed by atoms with Gasteiger partial charge in [-0.2, -0.15) is 0 Å². The molecule has 0 aliphatic carbocycles. The van der Waals surface area contributed by atoms with Crippen molar-refractivity contribution in [2.24, 2.45) is 0 Å². The molecule has 2 heterocycles. The maximum absolute atomic E-state index is 11.1. The van der Waals surface area contributed by atoms with Crippen molar-refractivity contribution in [3.8, 4) is 23.5 Å². The summed E-state index contributed by atoms with van der Waals surface area (Å²) in [5, 5.41) is 15.1. The minimum atomic E-state index is -0.417. The standard InChI is InChI=1S/C20H13N5O2/c1-2-13-5-3-7-15(9-13)24-20-18-17(11-21-19(18)22-12-23-20)14-6-4-8-16(10-14)25(26)27/h1,3-12H,(H2,21,22,23,24). The van der Waals surface area contributed by atoms with Crippen LogP contribution in [-0.4, -0.2) is 19.9 Å². The number of fused-ring (bicyclic) bond motifs is 1. The number of H-pyrrole nitrogens is 1. The largest absolute Gasteiger partial charge is 0.345 e. The second-order valence-corrected chi connectivity index (χ2v) is 5.81. The van der Waals surface area contributed by atoms with E-state index in [1.807, 2.05) is 30.3 Å². The molecule has 0 radical (unpaired) electrons. The predicted molar refractivity (Wildman–Crippen MR) is 104 cm³/mol. The van der Waals surface area contributed by atoms with Crippen molar-refractivity contribution >= 4 is 28.2 Å². The van der Waals surface area contributed by atoms with Gasteiger partial charge in [0.05, 0.1) is 10.3 Å². The summed E-state index contributed by atoms with van der Waals surface area (Å²) in [7, 11) is 0. The molecule has 0 aliphatic heterocycles. The number of hydrogen-bond donors (Lipinski definition) is 2. The van der Waals surface area contributed by atoms with Crippen LogP contribution in [-0.2, 0) is 0 Å². The number of aromatic nitrogens is 3. The zero-order chi connectivity index (χ0) is 18.8. The van der Waals surface area contributed by atoms with Gasteiger partial charge in [-0.1, -0.05) is 24.1 Å². The molecular weight excluding hydrogens is 342 g/mol. The Bertz CT molecular complexity index is 1210. The van der Waals surface area contributed by atoms with Crippen molar-refractivity contribution in [1.29, 1.82) is 0 Å². The summed E-state index contributed by atoms with van der Waals surface area (Å²) >= 11 is 0. The molecule has 4 aromatic rings. The van der Waals surface area contributed by atoms with Crippen LogP contribution in [0.3, 0.4) is 0 Å². The van der Waals surface area contributed by atoms with Crippen LogP contribution in [0.2, 0.25) is 0 Å². The second-order valence-electron chi connectivity index (χ2n) is 5.81. The maximum atomic E-state index is 11.1. The van der Waals surface area contributed by atoms with Gasteiger partial charge in [-0.05, 0) is 23.8 Å². The first kappa shape index (κ1) is 16.3. The SMILES string of the molecule is C#Cc1cccc(Nc2ncnc3[nH]cc(-c4cccc([N+](=O)[O-])c4)c23)c1. The third-order valence-corrected chi connectivity index (χ3v) is 4.13. The smallest absolute Gasteiger partial charge is 0.270 e. The molecule has 0 atom stereocenters. The molecule has 0 amide bonds. The van der Waals surface area contributed by atoms with E-state index >= 15 is 0 Å². The number of nitrogens with zero attached hydrogens (tertiary/aromatic N) is 3. The van der Waals surface area contributed by atoms with Crippen LogP contribution < -0.4 is 5.32 Å². The Labute approximate surface area is 154 Å². The lowest BCUT2D eigenvalue weighted by Crippen LogP contribution is -1.96. The molecule has 7 heteroatoms. The summed E-state index contributed by atoms with van der Waals surface area (Å²) in [6.45, 7) is 0. The van der Waals surface area contributed by atoms with Crippen LogP contribution in [0.1, 0.15) is 5.56 Å². The van der Waals surface area contributed by atoms with Crippen molar-refractivity contribution < 1.29 is 4.92 Å². The van der Waals surface area contributed by atoms with E-state index in [-0.39, 0.29) is 5.69 Å². The molecule has 4 rings (SSSR count). The monoisotopic (exact) mass is 355 g/mol. The Morgan fingerprint density at radius 2 is 2.00 bits per heavy atom. The van der Waals surface area contributed by atoms with Gasteiger partial charge in [-0.15, -0.1) is 6.42 Å². The third-order valence-electron chi connectivity index (χ3n) is 4.13. The van der Waals surface area contributed by atoms with Gasteiger partial charge in [0.2, 0.25) is 0 Å². The lowest BCUT2D eigenvalue weighted by atomic mass is 10.1. The highest BCUT2D eigenvalue weighted by molar-refractivity contribution is 6.02. The highest BCUT2D eigenvalue weighted by Crippen LogP contribution is 2.34. The van der Waals surface area contributed by atoms with Gasteiger partial charge in [-0.3, -0.25) is 10.1 Å². The molecule has 2 aromatic heterocycles. The molecule has 0 aliphatic rings. The normalized spacial score (nSPS) is 10.5. The molecule has 27 heavy (non-hydrogen) atoms. The number of anilines is 2. The number of aromatic amines is 1. The number of non-ortho nitro benzene ring substituents is 1. The van der Waals surface area contributed by atoms with Gasteiger partial charge in [0.1, 0.15) is 17.8 Å². The number of rotatable bonds is 4. The minimum Gasteiger partial charge on any atom is -0.345 e. The highest BCUT2D eigenvalue weighted by Gasteiger charge is 2.15. The number of hydrogen-bond acceptors (Lipinski definition) is 5. The first-order valence-corrected chi connectivity index (χ1v) is 8.06. The van der Waals surface area contributed by atoms with Gasteiger partial charge in [0.25, 0.3) is 5.69 Å². The van der Waals surface area contributed by atoms with Crippen LogP contribution in [0.5, 0.6) is 0 Å². The quantitative estimate of drug-likeness (QED) is 0.324. The molecule has 0 saturated carbocycles. The Morgan fingerprint density at radius 3 is 2.81 bits per heavy atom. The molecule has 2 N–H and O–H groups in total. The number of terminal acetylenes is 1. The third kappa shape index (κ3) is 3.07. The zero-order valence-electron chi connectivity index (χ0n) is 14.0. The molecule has 130 valence electrons. The molecule has 0 spiro atoms. The average Bonchev–Trinajstić information content (AvgIpc) is 3.13. The van der Waals surface area contributed by atoms with E-state index in [1.54, 1.807) is 12.3 Å². The van der Waals surface area contributed by atoms with E-state index in [4.69, 9.17) is 6.42 Å². The number of benzene rings is 2. The van der Waals surface area contributed by atoms with Crippen molar-refractivity contribution in [3.63, 3.8) is 0 Å². The fourth-order valence-electron chi connectivity index (χ4n) is 2.90. The van der Waals surface area contributed by atoms with Gasteiger partial charge < -0.3 is 10.3 Å². The highest BCUT2D eigenvalue weighted by atomic mass is 16.6. The Kier molecular flexibility index (Phi) is 3.99. The molecule has 0 bridgehead atoms. The van der Waals surface area contributed by atoms with E-state index in [0.717, 1.165) is 22.2 Å². The van der Waals surface area contributed by atoms with E-state index in [1.165, 1.54) is 18.5 Å². The lowest BCUT2D eigenvalue weighted by molar-refractivity contribution is -0.384. The van der Waals surface area contributed by atoms with E-state index in [2.05, 4.69) is 26.2 Å². The fourth-order valence-corrected chi connectivity index (χ4v) is 2.90. The number of nitrogens with one attached hydrogen (secondary N) is 2. The first-order chi connectivity index (χ1) is 13.2. The van der Waals surface area contributed by atoms with Crippen molar-refractivity contribution in [2.75, 3.05) is 5.32 Å². The summed E-state index contributed by atoms with van der Waals surface area (Å²) < 4.78 is 0. The second kappa shape index (κ2) is 6.61. The Morgan fingerprint density at radius 1 is 1.15 bits per heavy atom. The zero-order valence-corrected chi connectivity index (χ0v) is 14.0. The summed E-state index contributed by atoms with van der Waals surface area (Å²) in [6, 6.07) is 13.9. The number of nitro benzene ring substituents is 1. The van der Waals surface area contributed by atoms with E-state index in [0.29, 0.717) is 17.0 Å². The maximum Gasteiger partial charge on any atom is 0.270 e. The molecule has 0 unspecified atom stereocenters. The van der Waals surface area contributed by atoms with Crippen LogP contribution in [0.15, 0.2) is 61.1 Å². The molecule has 0 saturated heterocycles. The minimum absolute atomic E-state index is 0.0231. The van der Waals surface area contributed by atoms with Crippen LogP contribution in [0.4, 0.5) is 17.2 Å². The predicted octanol–water partition coefficient (Wildman–Crippen LogP) is 4.26. The van der Waals surface area contributed by atoms with Gasteiger partial charge in [-0.25, -0.2) is 9.97 Å². The van der Waals surface area contributed by atoms with Crippen molar-refractivity contribution in [3.05, 3.63) is 76.7 Å². The molecule has 7 nitrogen and oxygen atoms in total.